The lowest BCUT2D eigenvalue weighted by Gasteiger charge is -2.40. The molecule has 1 aliphatic heterocycles. The van der Waals surface area contributed by atoms with Crippen molar-refractivity contribution in [3.63, 3.8) is 0 Å². The van der Waals surface area contributed by atoms with Gasteiger partial charge in [-0.1, -0.05) is 38.8 Å². The van der Waals surface area contributed by atoms with E-state index in [1.165, 1.54) is 12.1 Å². The summed E-state index contributed by atoms with van der Waals surface area (Å²) in [5, 5.41) is 5.48. The van der Waals surface area contributed by atoms with Gasteiger partial charge in [-0.15, -0.1) is 11.3 Å². The quantitative estimate of drug-likeness (QED) is 0.354. The molecule has 2 fully saturated rings. The van der Waals surface area contributed by atoms with E-state index in [4.69, 9.17) is 16.3 Å². The minimum Gasteiger partial charge on any atom is -0.370 e. The number of ether oxygens (including phenoxy) is 1. The number of carbonyl (C=O) groups excluding carboxylic acids is 3. The summed E-state index contributed by atoms with van der Waals surface area (Å²) in [6, 6.07) is 5.76. The second-order valence-electron chi connectivity index (χ2n) is 11.9. The maximum Gasteiger partial charge on any atom is 0.418 e. The topological polar surface area (TPSA) is 91.0 Å². The number of anilines is 2. The highest BCUT2D eigenvalue weighted by molar-refractivity contribution is 7.18. The largest absolute Gasteiger partial charge is 0.418 e. The Kier molecular flexibility index (Phi) is 10.2. The smallest absolute Gasteiger partial charge is 0.370 e. The van der Waals surface area contributed by atoms with E-state index >= 15 is 0 Å². The molecule has 4 rings (SSSR count). The number of nitrogens with one attached hydrogen (secondary N) is 2. The van der Waals surface area contributed by atoms with Gasteiger partial charge in [0, 0.05) is 31.9 Å². The lowest BCUT2D eigenvalue weighted by Crippen LogP contribution is -2.54. The second kappa shape index (κ2) is 13.3. The van der Waals surface area contributed by atoms with E-state index in [1.807, 2.05) is 25.7 Å². The first-order chi connectivity index (χ1) is 19.7. The number of hydrogen-bond acceptors (Lipinski definition) is 6. The van der Waals surface area contributed by atoms with Crippen molar-refractivity contribution >= 4 is 52.0 Å². The van der Waals surface area contributed by atoms with Crippen LogP contribution in [0.4, 0.5) is 24.5 Å². The van der Waals surface area contributed by atoms with Crippen LogP contribution in [0.3, 0.4) is 0 Å². The fourth-order valence-corrected chi connectivity index (χ4v) is 6.05. The summed E-state index contributed by atoms with van der Waals surface area (Å²) >= 11 is 7.10. The maximum absolute atomic E-state index is 14.1. The normalized spacial score (nSPS) is 17.2. The van der Waals surface area contributed by atoms with Gasteiger partial charge < -0.3 is 20.3 Å². The molecule has 1 aliphatic carbocycles. The van der Waals surface area contributed by atoms with Crippen molar-refractivity contribution in [3.05, 3.63) is 45.1 Å². The summed E-state index contributed by atoms with van der Waals surface area (Å²) in [5.74, 6) is -1.09. The molecule has 0 spiro atoms. The monoisotopic (exact) mass is 628 g/mol. The van der Waals surface area contributed by atoms with Crippen molar-refractivity contribution in [2.45, 2.75) is 52.3 Å². The van der Waals surface area contributed by atoms with E-state index < -0.39 is 29.6 Å². The Hall–Kier alpha value is -2.67. The number of amides is 3. The molecule has 0 unspecified atom stereocenters. The Bertz CT molecular complexity index is 1290. The lowest BCUT2D eigenvalue weighted by atomic mass is 9.84. The highest BCUT2D eigenvalue weighted by atomic mass is 35.5. The predicted octanol–water partition coefficient (Wildman–Crippen LogP) is 5.67. The van der Waals surface area contributed by atoms with Gasteiger partial charge in [0.25, 0.3) is 11.8 Å². The molecule has 2 N–H and O–H groups in total. The van der Waals surface area contributed by atoms with E-state index in [1.54, 1.807) is 12.1 Å². The number of carbonyl (C=O) groups is 3. The van der Waals surface area contributed by atoms with Gasteiger partial charge in [-0.3, -0.25) is 19.3 Å². The fraction of sp³-hybridized carbons (Fsp3) is 0.552. The Morgan fingerprint density at radius 2 is 1.93 bits per heavy atom. The standard InChI is InChI=1S/C29H36ClF3N4O4S/c1-28(2,3)17-36(15-18-5-4-6-18)22(14-34-27(40)23-9-10-24(30)42-23)26(39)35-19-7-8-21(20(13-19)29(31,32)33)37-11-12-41-16-25(37)38/h7-10,13,18,22H,4-6,11-12,14-17H2,1-3H3,(H,34,40)(H,35,39)/t22-/m0/s1. The van der Waals surface area contributed by atoms with Crippen molar-refractivity contribution < 1.29 is 32.3 Å². The molecule has 1 aromatic carbocycles. The minimum atomic E-state index is -4.77. The fourth-order valence-electron chi connectivity index (χ4n) is 5.09. The van der Waals surface area contributed by atoms with Crippen LogP contribution >= 0.6 is 22.9 Å². The number of thiophene rings is 1. The molecule has 42 heavy (non-hydrogen) atoms. The van der Waals surface area contributed by atoms with Gasteiger partial charge in [0.1, 0.15) is 12.6 Å². The number of nitrogens with zero attached hydrogens (tertiary/aromatic N) is 2. The third kappa shape index (κ3) is 8.46. The minimum absolute atomic E-state index is 0.00618. The number of rotatable bonds is 10. The van der Waals surface area contributed by atoms with E-state index in [-0.39, 0.29) is 49.0 Å². The van der Waals surface area contributed by atoms with E-state index in [0.29, 0.717) is 28.2 Å². The second-order valence-corrected chi connectivity index (χ2v) is 13.6. The van der Waals surface area contributed by atoms with Crippen LogP contribution in [0, 0.1) is 11.3 Å². The number of halogens is 4. The molecule has 13 heteroatoms. The Morgan fingerprint density at radius 3 is 2.50 bits per heavy atom. The van der Waals surface area contributed by atoms with Crippen molar-refractivity contribution in [1.82, 2.24) is 10.2 Å². The molecular formula is C29H36ClF3N4O4S. The van der Waals surface area contributed by atoms with Crippen LogP contribution in [0.15, 0.2) is 30.3 Å². The maximum atomic E-state index is 14.1. The number of hydrogen-bond donors (Lipinski definition) is 2. The molecule has 2 heterocycles. The van der Waals surface area contributed by atoms with Crippen molar-refractivity contribution in [2.75, 3.05) is 49.6 Å². The molecule has 1 aromatic heterocycles. The number of alkyl halides is 3. The van der Waals surface area contributed by atoms with Gasteiger partial charge in [-0.25, -0.2) is 0 Å². The van der Waals surface area contributed by atoms with Crippen molar-refractivity contribution in [2.24, 2.45) is 11.3 Å². The van der Waals surface area contributed by atoms with E-state index in [9.17, 15) is 27.6 Å². The first kappa shape index (κ1) is 32.2. The van der Waals surface area contributed by atoms with Crippen molar-refractivity contribution in [3.8, 4) is 0 Å². The Labute approximate surface area is 252 Å². The van der Waals surface area contributed by atoms with Crippen LogP contribution < -0.4 is 15.5 Å². The summed E-state index contributed by atoms with van der Waals surface area (Å²) in [6.07, 6.45) is -1.59. The lowest BCUT2D eigenvalue weighted by molar-refractivity contribution is -0.137. The summed E-state index contributed by atoms with van der Waals surface area (Å²) < 4.78 is 47.9. The first-order valence-electron chi connectivity index (χ1n) is 13.9. The van der Waals surface area contributed by atoms with Crippen LogP contribution in [0.2, 0.25) is 4.34 Å². The Balaban J connectivity index is 1.61. The molecule has 1 saturated carbocycles. The molecule has 2 aliphatic rings. The van der Waals surface area contributed by atoms with Gasteiger partial charge in [0.2, 0.25) is 5.91 Å². The molecule has 2 aromatic rings. The third-order valence-corrected chi connectivity index (χ3v) is 8.47. The summed E-state index contributed by atoms with van der Waals surface area (Å²) in [5.41, 5.74) is -1.57. The zero-order chi connectivity index (χ0) is 30.7. The van der Waals surface area contributed by atoms with Gasteiger partial charge in [-0.05, 0) is 54.5 Å². The third-order valence-electron chi connectivity index (χ3n) is 7.24. The van der Waals surface area contributed by atoms with Gasteiger partial charge in [-0.2, -0.15) is 13.2 Å². The van der Waals surface area contributed by atoms with Crippen LogP contribution in [0.5, 0.6) is 0 Å². The number of benzene rings is 1. The predicted molar refractivity (Wildman–Crippen MR) is 157 cm³/mol. The van der Waals surface area contributed by atoms with Crippen LogP contribution in [0.1, 0.15) is 55.3 Å². The van der Waals surface area contributed by atoms with E-state index in [0.717, 1.165) is 41.6 Å². The summed E-state index contributed by atoms with van der Waals surface area (Å²) in [6.45, 7) is 7.07. The molecule has 1 atom stereocenters. The highest BCUT2D eigenvalue weighted by Crippen LogP contribution is 2.39. The molecule has 1 saturated heterocycles. The average molecular weight is 629 g/mol. The molecule has 0 radical (unpaired) electrons. The van der Waals surface area contributed by atoms with Crippen molar-refractivity contribution in [1.29, 1.82) is 0 Å². The van der Waals surface area contributed by atoms with Crippen LogP contribution in [-0.2, 0) is 20.5 Å². The number of morpholine rings is 1. The summed E-state index contributed by atoms with van der Waals surface area (Å²) in [7, 11) is 0. The Morgan fingerprint density at radius 1 is 1.19 bits per heavy atom. The molecule has 230 valence electrons. The molecular weight excluding hydrogens is 593 g/mol. The molecule has 3 amide bonds. The van der Waals surface area contributed by atoms with Gasteiger partial charge in [0.05, 0.1) is 27.1 Å². The zero-order valence-electron chi connectivity index (χ0n) is 23.9. The van der Waals surface area contributed by atoms with Gasteiger partial charge >= 0.3 is 6.18 Å². The average Bonchev–Trinajstić information content (AvgIpc) is 3.31. The zero-order valence-corrected chi connectivity index (χ0v) is 25.4. The van der Waals surface area contributed by atoms with E-state index in [2.05, 4.69) is 10.6 Å². The van der Waals surface area contributed by atoms with Crippen LogP contribution in [0.25, 0.3) is 0 Å². The highest BCUT2D eigenvalue weighted by Gasteiger charge is 2.38. The van der Waals surface area contributed by atoms with Gasteiger partial charge in [0.15, 0.2) is 0 Å². The first-order valence-corrected chi connectivity index (χ1v) is 15.1. The molecule has 8 nitrogen and oxygen atoms in total. The molecule has 0 bridgehead atoms. The SMILES string of the molecule is CC(C)(C)CN(CC1CCC1)[C@@H](CNC(=O)c1ccc(Cl)s1)C(=O)Nc1ccc(N2CCOCC2=O)c(C(F)(F)F)c1. The summed E-state index contributed by atoms with van der Waals surface area (Å²) in [4.78, 5) is 42.4. The van der Waals surface area contributed by atoms with Crippen LogP contribution in [-0.4, -0.2) is 68.1 Å².